The van der Waals surface area contributed by atoms with Crippen LogP contribution in [-0.2, 0) is 6.42 Å². The Morgan fingerprint density at radius 3 is 2.37 bits per heavy atom. The first kappa shape index (κ1) is 14.5. The van der Waals surface area contributed by atoms with Gasteiger partial charge in [0.05, 0.1) is 27.6 Å². The van der Waals surface area contributed by atoms with Crippen LogP contribution in [0.2, 0.25) is 20.1 Å². The van der Waals surface area contributed by atoms with Gasteiger partial charge >= 0.3 is 0 Å². The van der Waals surface area contributed by atoms with Crippen molar-refractivity contribution < 1.29 is 0 Å². The summed E-state index contributed by atoms with van der Waals surface area (Å²) in [6.45, 7) is 0. The van der Waals surface area contributed by atoms with Crippen LogP contribution in [0.25, 0.3) is 11.1 Å². The summed E-state index contributed by atoms with van der Waals surface area (Å²) in [5, 5.41) is 10.5. The Labute approximate surface area is 131 Å². The first-order valence-corrected chi connectivity index (χ1v) is 6.85. The van der Waals surface area contributed by atoms with E-state index in [1.807, 2.05) is 12.1 Å². The molecule has 0 bridgehead atoms. The molecule has 0 unspecified atom stereocenters. The average Bonchev–Trinajstić information content (AvgIpc) is 2.37. The van der Waals surface area contributed by atoms with Crippen LogP contribution in [0, 0.1) is 11.3 Å². The van der Waals surface area contributed by atoms with E-state index in [4.69, 9.17) is 51.7 Å². The lowest BCUT2D eigenvalue weighted by molar-refractivity contribution is 1.26. The molecule has 0 saturated carbocycles. The van der Waals surface area contributed by atoms with E-state index in [0.29, 0.717) is 31.2 Å². The number of rotatable bonds is 2. The van der Waals surface area contributed by atoms with Crippen molar-refractivity contribution in [1.29, 1.82) is 5.26 Å². The zero-order valence-corrected chi connectivity index (χ0v) is 12.6. The highest BCUT2D eigenvalue weighted by atomic mass is 35.5. The van der Waals surface area contributed by atoms with Gasteiger partial charge in [0.2, 0.25) is 0 Å². The molecule has 0 heterocycles. The minimum Gasteiger partial charge on any atom is -0.198 e. The van der Waals surface area contributed by atoms with Crippen LogP contribution in [0.5, 0.6) is 0 Å². The van der Waals surface area contributed by atoms with Gasteiger partial charge in [-0.2, -0.15) is 5.26 Å². The second kappa shape index (κ2) is 6.03. The van der Waals surface area contributed by atoms with E-state index in [2.05, 4.69) is 6.07 Å². The van der Waals surface area contributed by atoms with Gasteiger partial charge in [-0.15, -0.1) is 0 Å². The van der Waals surface area contributed by atoms with Crippen LogP contribution in [0.4, 0.5) is 0 Å². The minimum atomic E-state index is 0.235. The normalized spacial score (nSPS) is 10.3. The first-order valence-electron chi connectivity index (χ1n) is 5.34. The maximum atomic E-state index is 8.77. The van der Waals surface area contributed by atoms with Crippen LogP contribution in [0.1, 0.15) is 5.56 Å². The van der Waals surface area contributed by atoms with Crippen LogP contribution >= 0.6 is 46.4 Å². The van der Waals surface area contributed by atoms with Gasteiger partial charge in [-0.1, -0.05) is 64.6 Å². The third kappa shape index (κ3) is 2.99. The van der Waals surface area contributed by atoms with E-state index in [1.54, 1.807) is 18.2 Å². The first-order chi connectivity index (χ1) is 9.04. The number of nitriles is 1. The zero-order valence-electron chi connectivity index (χ0n) is 9.55. The number of benzene rings is 2. The SMILES string of the molecule is N#CCc1cccc(-c2cc(Cl)cc(Cl)c2Cl)c1Cl. The highest BCUT2D eigenvalue weighted by Gasteiger charge is 2.14. The molecule has 0 fully saturated rings. The molecule has 2 aromatic rings. The summed E-state index contributed by atoms with van der Waals surface area (Å²) in [7, 11) is 0. The lowest BCUT2D eigenvalue weighted by Crippen LogP contribution is -1.89. The molecule has 0 aliphatic heterocycles. The average molecular weight is 331 g/mol. The quantitative estimate of drug-likeness (QED) is 0.616. The Morgan fingerprint density at radius 1 is 0.947 bits per heavy atom. The van der Waals surface area contributed by atoms with E-state index < -0.39 is 0 Å². The van der Waals surface area contributed by atoms with Crippen molar-refractivity contribution in [3.8, 4) is 17.2 Å². The molecular weight excluding hydrogens is 324 g/mol. The maximum absolute atomic E-state index is 8.77. The van der Waals surface area contributed by atoms with Crippen molar-refractivity contribution >= 4 is 46.4 Å². The van der Waals surface area contributed by atoms with Crippen LogP contribution in [0.15, 0.2) is 30.3 Å². The van der Waals surface area contributed by atoms with Gasteiger partial charge in [-0.05, 0) is 17.7 Å². The molecule has 0 radical (unpaired) electrons. The zero-order chi connectivity index (χ0) is 14.0. The molecule has 0 N–H and O–H groups in total. The molecule has 0 atom stereocenters. The molecule has 0 amide bonds. The van der Waals surface area contributed by atoms with E-state index in [0.717, 1.165) is 5.56 Å². The van der Waals surface area contributed by atoms with Crippen molar-refractivity contribution in [2.75, 3.05) is 0 Å². The summed E-state index contributed by atoms with van der Waals surface area (Å²) in [5.74, 6) is 0. The summed E-state index contributed by atoms with van der Waals surface area (Å²) in [6, 6.07) is 10.8. The predicted octanol–water partition coefficient (Wildman–Crippen LogP) is 6.03. The highest BCUT2D eigenvalue weighted by molar-refractivity contribution is 6.45. The third-order valence-electron chi connectivity index (χ3n) is 2.63. The minimum absolute atomic E-state index is 0.235. The summed E-state index contributed by atoms with van der Waals surface area (Å²) in [6.07, 6.45) is 0.235. The molecule has 96 valence electrons. The number of hydrogen-bond acceptors (Lipinski definition) is 1. The van der Waals surface area contributed by atoms with Gasteiger partial charge in [0.1, 0.15) is 0 Å². The number of halogens is 4. The summed E-state index contributed by atoms with van der Waals surface area (Å²) in [5.41, 5.74) is 2.11. The Balaban J connectivity index is 2.66. The van der Waals surface area contributed by atoms with Gasteiger partial charge in [0, 0.05) is 16.1 Å². The summed E-state index contributed by atoms with van der Waals surface area (Å²) < 4.78 is 0. The lowest BCUT2D eigenvalue weighted by atomic mass is 10.0. The molecule has 0 spiro atoms. The largest absolute Gasteiger partial charge is 0.198 e. The third-order valence-corrected chi connectivity index (χ3v) is 4.10. The van der Waals surface area contributed by atoms with E-state index in [1.165, 1.54) is 0 Å². The van der Waals surface area contributed by atoms with Gasteiger partial charge in [-0.3, -0.25) is 0 Å². The molecule has 2 aromatic carbocycles. The Hall–Kier alpha value is -0.910. The second-order valence-corrected chi connectivity index (χ2v) is 5.46. The van der Waals surface area contributed by atoms with Crippen molar-refractivity contribution in [3.05, 3.63) is 56.0 Å². The van der Waals surface area contributed by atoms with E-state index >= 15 is 0 Å². The summed E-state index contributed by atoms with van der Waals surface area (Å²) >= 11 is 24.5. The van der Waals surface area contributed by atoms with E-state index in [-0.39, 0.29) is 6.42 Å². The maximum Gasteiger partial charge on any atom is 0.0672 e. The van der Waals surface area contributed by atoms with Gasteiger partial charge in [-0.25, -0.2) is 0 Å². The van der Waals surface area contributed by atoms with Crippen molar-refractivity contribution in [2.45, 2.75) is 6.42 Å². The smallest absolute Gasteiger partial charge is 0.0672 e. The van der Waals surface area contributed by atoms with Crippen LogP contribution in [0.3, 0.4) is 0 Å². The highest BCUT2D eigenvalue weighted by Crippen LogP contribution is 2.40. The number of nitrogens with zero attached hydrogens (tertiary/aromatic N) is 1. The fourth-order valence-corrected chi connectivity index (χ4v) is 2.76. The second-order valence-electron chi connectivity index (χ2n) is 3.86. The molecule has 2 rings (SSSR count). The van der Waals surface area contributed by atoms with Gasteiger partial charge in [0.25, 0.3) is 0 Å². The molecule has 0 saturated heterocycles. The standard InChI is InChI=1S/C14H7Cl4N/c15-9-6-11(14(18)12(16)7-9)10-3-1-2-8(4-5-19)13(10)17/h1-3,6-7H,4H2. The van der Waals surface area contributed by atoms with Crippen molar-refractivity contribution in [2.24, 2.45) is 0 Å². The van der Waals surface area contributed by atoms with E-state index in [9.17, 15) is 0 Å². The van der Waals surface area contributed by atoms with Crippen LogP contribution in [-0.4, -0.2) is 0 Å². The van der Waals surface area contributed by atoms with Crippen molar-refractivity contribution in [3.63, 3.8) is 0 Å². The fraction of sp³-hybridized carbons (Fsp3) is 0.0714. The molecule has 0 aliphatic carbocycles. The fourth-order valence-electron chi connectivity index (χ4n) is 1.76. The molecule has 0 aliphatic rings. The number of hydrogen-bond donors (Lipinski definition) is 0. The Kier molecular flexibility index (Phi) is 4.60. The molecule has 1 nitrogen and oxygen atoms in total. The summed E-state index contributed by atoms with van der Waals surface area (Å²) in [4.78, 5) is 0. The van der Waals surface area contributed by atoms with Gasteiger partial charge in [0.15, 0.2) is 0 Å². The van der Waals surface area contributed by atoms with Gasteiger partial charge < -0.3 is 0 Å². The van der Waals surface area contributed by atoms with Crippen LogP contribution < -0.4 is 0 Å². The Morgan fingerprint density at radius 2 is 1.68 bits per heavy atom. The predicted molar refractivity (Wildman–Crippen MR) is 81.2 cm³/mol. The topological polar surface area (TPSA) is 23.8 Å². The lowest BCUT2D eigenvalue weighted by Gasteiger charge is -2.11. The monoisotopic (exact) mass is 329 g/mol. The van der Waals surface area contributed by atoms with Crippen molar-refractivity contribution in [1.82, 2.24) is 0 Å². The molecule has 5 heteroatoms. The molecular formula is C14H7Cl4N. The molecule has 0 aromatic heterocycles. The Bertz CT molecular complexity index is 674. The molecule has 19 heavy (non-hydrogen) atoms.